The van der Waals surface area contributed by atoms with Crippen LogP contribution in [-0.4, -0.2) is 12.6 Å². The molecule has 1 heterocycles. The Hall–Kier alpha value is -1.83. The molecule has 1 saturated heterocycles. The number of anilines is 1. The van der Waals surface area contributed by atoms with Crippen LogP contribution in [0.5, 0.6) is 0 Å². The van der Waals surface area contributed by atoms with Gasteiger partial charge in [-0.2, -0.15) is 0 Å². The zero-order valence-electron chi connectivity index (χ0n) is 13.2. The monoisotopic (exact) mass is 297 g/mol. The van der Waals surface area contributed by atoms with Crippen molar-refractivity contribution in [2.24, 2.45) is 0 Å². The lowest BCUT2D eigenvalue weighted by molar-refractivity contribution is 0.393. The molecule has 22 heavy (non-hydrogen) atoms. The van der Waals surface area contributed by atoms with Crippen LogP contribution in [0, 0.1) is 5.82 Å². The minimum atomic E-state index is -0.157. The lowest BCUT2D eigenvalue weighted by Gasteiger charge is -2.41. The van der Waals surface area contributed by atoms with E-state index in [1.807, 2.05) is 12.1 Å². The molecule has 0 spiro atoms. The van der Waals surface area contributed by atoms with E-state index in [1.54, 1.807) is 12.1 Å². The molecule has 1 nitrogen and oxygen atoms in total. The molecule has 2 aromatic carbocycles. The molecule has 2 unspecified atom stereocenters. The predicted octanol–water partition coefficient (Wildman–Crippen LogP) is 5.38. The van der Waals surface area contributed by atoms with E-state index < -0.39 is 0 Å². The summed E-state index contributed by atoms with van der Waals surface area (Å²) in [7, 11) is 0. The molecule has 2 heteroatoms. The SMILES string of the molecule is CCCC1CC(c2ccccc2)CCN1c1ccc(F)cc1. The highest BCUT2D eigenvalue weighted by Gasteiger charge is 2.28. The van der Waals surface area contributed by atoms with E-state index in [9.17, 15) is 4.39 Å². The molecule has 0 aromatic heterocycles. The van der Waals surface area contributed by atoms with Crippen molar-refractivity contribution in [3.05, 3.63) is 66.0 Å². The Morgan fingerprint density at radius 2 is 1.77 bits per heavy atom. The van der Waals surface area contributed by atoms with Gasteiger partial charge in [-0.25, -0.2) is 4.39 Å². The maximum absolute atomic E-state index is 13.2. The van der Waals surface area contributed by atoms with Crippen LogP contribution in [0.3, 0.4) is 0 Å². The van der Waals surface area contributed by atoms with Crippen molar-refractivity contribution in [1.82, 2.24) is 0 Å². The lowest BCUT2D eigenvalue weighted by Crippen LogP contribution is -2.42. The van der Waals surface area contributed by atoms with Crippen LogP contribution in [0.25, 0.3) is 0 Å². The maximum Gasteiger partial charge on any atom is 0.123 e. The first-order valence-electron chi connectivity index (χ1n) is 8.35. The summed E-state index contributed by atoms with van der Waals surface area (Å²) in [5, 5.41) is 0. The van der Waals surface area contributed by atoms with Crippen molar-refractivity contribution < 1.29 is 4.39 Å². The number of halogens is 1. The fourth-order valence-electron chi connectivity index (χ4n) is 3.66. The van der Waals surface area contributed by atoms with Crippen LogP contribution < -0.4 is 4.90 Å². The molecule has 0 radical (unpaired) electrons. The second-order valence-electron chi connectivity index (χ2n) is 6.24. The number of nitrogens with zero attached hydrogens (tertiary/aromatic N) is 1. The van der Waals surface area contributed by atoms with E-state index in [0.29, 0.717) is 12.0 Å². The van der Waals surface area contributed by atoms with Crippen molar-refractivity contribution in [3.8, 4) is 0 Å². The van der Waals surface area contributed by atoms with Crippen molar-refractivity contribution in [1.29, 1.82) is 0 Å². The van der Waals surface area contributed by atoms with Crippen LogP contribution in [0.15, 0.2) is 54.6 Å². The Bertz CT molecular complexity index is 578. The van der Waals surface area contributed by atoms with Crippen molar-refractivity contribution in [2.75, 3.05) is 11.4 Å². The number of rotatable bonds is 4. The number of benzene rings is 2. The van der Waals surface area contributed by atoms with Gasteiger partial charge in [-0.05, 0) is 55.0 Å². The van der Waals surface area contributed by atoms with Gasteiger partial charge in [0.25, 0.3) is 0 Å². The Morgan fingerprint density at radius 1 is 1.05 bits per heavy atom. The zero-order valence-corrected chi connectivity index (χ0v) is 13.2. The Kier molecular flexibility index (Phi) is 4.77. The quantitative estimate of drug-likeness (QED) is 0.732. The number of piperidine rings is 1. The molecular formula is C20H24FN. The fraction of sp³-hybridized carbons (Fsp3) is 0.400. The average molecular weight is 297 g/mol. The van der Waals surface area contributed by atoms with Gasteiger partial charge >= 0.3 is 0 Å². The summed E-state index contributed by atoms with van der Waals surface area (Å²) in [5.41, 5.74) is 2.62. The molecule has 0 saturated carbocycles. The standard InChI is InChI=1S/C20H24FN/c1-2-6-20-15-17(16-7-4-3-5-8-16)13-14-22(20)19-11-9-18(21)10-12-19/h3-5,7-12,17,20H,2,6,13-15H2,1H3. The van der Waals surface area contributed by atoms with Gasteiger partial charge in [-0.3, -0.25) is 0 Å². The molecule has 0 amide bonds. The highest BCUT2D eigenvalue weighted by molar-refractivity contribution is 5.48. The second kappa shape index (κ2) is 6.95. The summed E-state index contributed by atoms with van der Waals surface area (Å²) in [6, 6.07) is 18.4. The molecule has 1 fully saturated rings. The summed E-state index contributed by atoms with van der Waals surface area (Å²) in [6.45, 7) is 3.30. The average Bonchev–Trinajstić information content (AvgIpc) is 2.57. The highest BCUT2D eigenvalue weighted by Crippen LogP contribution is 2.35. The molecule has 0 N–H and O–H groups in total. The third kappa shape index (κ3) is 3.32. The van der Waals surface area contributed by atoms with Gasteiger partial charge < -0.3 is 4.90 Å². The van der Waals surface area contributed by atoms with Crippen LogP contribution in [0.4, 0.5) is 10.1 Å². The normalized spacial score (nSPS) is 21.8. The molecule has 116 valence electrons. The first-order chi connectivity index (χ1) is 10.8. The zero-order chi connectivity index (χ0) is 15.4. The van der Waals surface area contributed by atoms with Crippen LogP contribution in [-0.2, 0) is 0 Å². The molecule has 2 atom stereocenters. The van der Waals surface area contributed by atoms with Crippen molar-refractivity contribution in [2.45, 2.75) is 44.6 Å². The van der Waals surface area contributed by atoms with E-state index in [-0.39, 0.29) is 5.82 Å². The minimum Gasteiger partial charge on any atom is -0.369 e. The summed E-state index contributed by atoms with van der Waals surface area (Å²) < 4.78 is 13.2. The number of hydrogen-bond donors (Lipinski definition) is 0. The van der Waals surface area contributed by atoms with Crippen LogP contribution >= 0.6 is 0 Å². The molecule has 1 aliphatic heterocycles. The smallest absolute Gasteiger partial charge is 0.123 e. The third-order valence-electron chi connectivity index (χ3n) is 4.77. The van der Waals surface area contributed by atoms with E-state index in [1.165, 1.54) is 31.2 Å². The largest absolute Gasteiger partial charge is 0.369 e. The Labute approximate surface area is 132 Å². The molecule has 3 rings (SSSR count). The molecule has 1 aliphatic rings. The van der Waals surface area contributed by atoms with Gasteiger partial charge in [0.05, 0.1) is 0 Å². The predicted molar refractivity (Wildman–Crippen MR) is 90.9 cm³/mol. The molecule has 2 aromatic rings. The fourth-order valence-corrected chi connectivity index (χ4v) is 3.66. The summed E-state index contributed by atoms with van der Waals surface area (Å²) in [4.78, 5) is 2.47. The molecule has 0 bridgehead atoms. The van der Waals surface area contributed by atoms with Crippen LogP contribution in [0.2, 0.25) is 0 Å². The second-order valence-corrected chi connectivity index (χ2v) is 6.24. The van der Waals surface area contributed by atoms with Crippen molar-refractivity contribution >= 4 is 5.69 Å². The van der Waals surface area contributed by atoms with E-state index in [4.69, 9.17) is 0 Å². The lowest BCUT2D eigenvalue weighted by atomic mass is 9.83. The first kappa shape index (κ1) is 15.1. The van der Waals surface area contributed by atoms with Gasteiger partial charge in [0.1, 0.15) is 5.82 Å². The van der Waals surface area contributed by atoms with Gasteiger partial charge in [-0.15, -0.1) is 0 Å². The third-order valence-corrected chi connectivity index (χ3v) is 4.77. The number of hydrogen-bond acceptors (Lipinski definition) is 1. The van der Waals surface area contributed by atoms with E-state index >= 15 is 0 Å². The Balaban J connectivity index is 1.78. The Morgan fingerprint density at radius 3 is 2.45 bits per heavy atom. The van der Waals surface area contributed by atoms with E-state index in [0.717, 1.165) is 12.2 Å². The topological polar surface area (TPSA) is 3.24 Å². The minimum absolute atomic E-state index is 0.157. The van der Waals surface area contributed by atoms with Gasteiger partial charge in [0.2, 0.25) is 0 Å². The van der Waals surface area contributed by atoms with Crippen LogP contribution in [0.1, 0.15) is 44.1 Å². The van der Waals surface area contributed by atoms with Crippen molar-refractivity contribution in [3.63, 3.8) is 0 Å². The highest BCUT2D eigenvalue weighted by atomic mass is 19.1. The van der Waals surface area contributed by atoms with E-state index in [2.05, 4.69) is 42.2 Å². The van der Waals surface area contributed by atoms with Gasteiger partial charge in [0, 0.05) is 18.3 Å². The molecule has 0 aliphatic carbocycles. The summed E-state index contributed by atoms with van der Waals surface area (Å²) in [5.74, 6) is 0.490. The molecular weight excluding hydrogens is 273 g/mol. The van der Waals surface area contributed by atoms with Gasteiger partial charge in [0.15, 0.2) is 0 Å². The maximum atomic E-state index is 13.2. The van der Waals surface area contributed by atoms with Gasteiger partial charge in [-0.1, -0.05) is 43.7 Å². The summed E-state index contributed by atoms with van der Waals surface area (Å²) in [6.07, 6.45) is 4.74. The first-order valence-corrected chi connectivity index (χ1v) is 8.35. The summed E-state index contributed by atoms with van der Waals surface area (Å²) >= 11 is 0.